The van der Waals surface area contributed by atoms with Crippen LogP contribution in [0.25, 0.3) is 10.4 Å². The molecule has 0 bridgehead atoms. The number of hydrogen-bond donors (Lipinski definition) is 1. The quantitative estimate of drug-likeness (QED) is 0.506. The van der Waals surface area contributed by atoms with Gasteiger partial charge in [-0.1, -0.05) is 12.1 Å². The molecule has 0 spiro atoms. The largest absolute Gasteiger partial charge is 0.497 e. The molecule has 1 N–H and O–H groups in total. The van der Waals surface area contributed by atoms with Gasteiger partial charge in [-0.25, -0.2) is 4.79 Å². The molecule has 1 heterocycles. The molecule has 7 nitrogen and oxygen atoms in total. The molecule has 3 aromatic rings. The maximum absolute atomic E-state index is 12.4. The van der Waals surface area contributed by atoms with Crippen LogP contribution in [-0.2, 0) is 4.74 Å². The second-order valence-corrected chi connectivity index (χ2v) is 7.17. The summed E-state index contributed by atoms with van der Waals surface area (Å²) in [5.41, 5.74) is 2.21. The van der Waals surface area contributed by atoms with E-state index in [4.69, 9.17) is 23.7 Å². The lowest BCUT2D eigenvalue weighted by molar-refractivity contribution is 0.0607. The Labute approximate surface area is 179 Å². The predicted molar refractivity (Wildman–Crippen MR) is 117 cm³/mol. The Bertz CT molecular complexity index is 1020. The Balaban J connectivity index is 2.05. The summed E-state index contributed by atoms with van der Waals surface area (Å²) in [6.45, 7) is 0. The van der Waals surface area contributed by atoms with Crippen molar-refractivity contribution in [2.45, 2.75) is 0 Å². The molecule has 3 rings (SSSR count). The highest BCUT2D eigenvalue weighted by Crippen LogP contribution is 2.42. The van der Waals surface area contributed by atoms with Crippen LogP contribution in [0.2, 0.25) is 0 Å². The van der Waals surface area contributed by atoms with E-state index in [1.54, 1.807) is 40.6 Å². The molecule has 0 saturated carbocycles. The number of methoxy groups -OCH3 is 5. The molecule has 8 heteroatoms. The SMILES string of the molecule is COC(=O)c1sc(-c2cccc(OC)c2)cc1Nc1cc(OC)c(OC)c(OC)c1. The van der Waals surface area contributed by atoms with Crippen molar-refractivity contribution < 1.29 is 28.5 Å². The first kappa shape index (κ1) is 21.3. The van der Waals surface area contributed by atoms with Gasteiger partial charge in [-0.15, -0.1) is 11.3 Å². The Morgan fingerprint density at radius 2 is 1.57 bits per heavy atom. The van der Waals surface area contributed by atoms with Gasteiger partial charge in [-0.05, 0) is 23.8 Å². The number of hydrogen-bond acceptors (Lipinski definition) is 8. The number of thiophene rings is 1. The van der Waals surface area contributed by atoms with Gasteiger partial charge < -0.3 is 29.0 Å². The monoisotopic (exact) mass is 429 g/mol. The topological polar surface area (TPSA) is 75.3 Å². The summed E-state index contributed by atoms with van der Waals surface area (Å²) < 4.78 is 26.5. The van der Waals surface area contributed by atoms with Gasteiger partial charge >= 0.3 is 5.97 Å². The number of carbonyl (C=O) groups is 1. The lowest BCUT2D eigenvalue weighted by Gasteiger charge is -2.15. The van der Waals surface area contributed by atoms with Crippen LogP contribution < -0.4 is 24.3 Å². The fourth-order valence-electron chi connectivity index (χ4n) is 2.96. The van der Waals surface area contributed by atoms with E-state index in [2.05, 4.69) is 5.32 Å². The van der Waals surface area contributed by atoms with E-state index in [9.17, 15) is 4.79 Å². The summed E-state index contributed by atoms with van der Waals surface area (Å²) in [5.74, 6) is 1.80. The van der Waals surface area contributed by atoms with Crippen molar-refractivity contribution in [1.29, 1.82) is 0 Å². The zero-order valence-electron chi connectivity index (χ0n) is 17.4. The third-order valence-corrected chi connectivity index (χ3v) is 5.57. The molecular formula is C22H23NO6S. The minimum Gasteiger partial charge on any atom is -0.497 e. The summed E-state index contributed by atoms with van der Waals surface area (Å²) in [5, 5.41) is 3.27. The minimum absolute atomic E-state index is 0.427. The second kappa shape index (κ2) is 9.41. The molecule has 0 unspecified atom stereocenters. The fourth-order valence-corrected chi connectivity index (χ4v) is 3.98. The molecule has 0 radical (unpaired) electrons. The summed E-state index contributed by atoms with van der Waals surface area (Å²) in [7, 11) is 7.61. The third-order valence-electron chi connectivity index (χ3n) is 4.40. The lowest BCUT2D eigenvalue weighted by Crippen LogP contribution is -2.03. The summed E-state index contributed by atoms with van der Waals surface area (Å²) in [6, 6.07) is 13.1. The first-order chi connectivity index (χ1) is 14.5. The van der Waals surface area contributed by atoms with Crippen LogP contribution in [0.5, 0.6) is 23.0 Å². The van der Waals surface area contributed by atoms with Gasteiger partial charge in [-0.2, -0.15) is 0 Å². The van der Waals surface area contributed by atoms with E-state index in [1.807, 2.05) is 30.3 Å². The van der Waals surface area contributed by atoms with E-state index in [0.717, 1.165) is 16.2 Å². The Morgan fingerprint density at radius 3 is 2.13 bits per heavy atom. The first-order valence-corrected chi connectivity index (χ1v) is 9.79. The van der Waals surface area contributed by atoms with Gasteiger partial charge in [0.2, 0.25) is 5.75 Å². The molecular weight excluding hydrogens is 406 g/mol. The zero-order chi connectivity index (χ0) is 21.7. The maximum Gasteiger partial charge on any atom is 0.350 e. The lowest BCUT2D eigenvalue weighted by atomic mass is 10.1. The smallest absolute Gasteiger partial charge is 0.350 e. The average molecular weight is 429 g/mol. The maximum atomic E-state index is 12.4. The fraction of sp³-hybridized carbons (Fsp3) is 0.227. The number of benzene rings is 2. The van der Waals surface area contributed by atoms with Crippen molar-refractivity contribution in [2.75, 3.05) is 40.9 Å². The number of anilines is 2. The van der Waals surface area contributed by atoms with Crippen LogP contribution in [0.15, 0.2) is 42.5 Å². The summed E-state index contributed by atoms with van der Waals surface area (Å²) >= 11 is 1.33. The van der Waals surface area contributed by atoms with Crippen LogP contribution in [-0.4, -0.2) is 41.5 Å². The van der Waals surface area contributed by atoms with Crippen LogP contribution in [0.1, 0.15) is 9.67 Å². The van der Waals surface area contributed by atoms with Gasteiger partial charge in [0.15, 0.2) is 11.5 Å². The number of esters is 1. The third kappa shape index (κ3) is 4.28. The predicted octanol–water partition coefficient (Wildman–Crippen LogP) is 4.98. The molecule has 0 saturated heterocycles. The van der Waals surface area contributed by atoms with E-state index in [1.165, 1.54) is 18.4 Å². The molecule has 0 aliphatic heterocycles. The number of ether oxygens (including phenoxy) is 5. The van der Waals surface area contributed by atoms with Gasteiger partial charge in [0.1, 0.15) is 10.6 Å². The summed E-state index contributed by atoms with van der Waals surface area (Å²) in [4.78, 5) is 13.7. The van der Waals surface area contributed by atoms with Crippen LogP contribution in [0, 0.1) is 0 Å². The van der Waals surface area contributed by atoms with E-state index in [-0.39, 0.29) is 0 Å². The Kier molecular flexibility index (Phi) is 6.68. The molecule has 0 aliphatic carbocycles. The number of rotatable bonds is 8. The molecule has 2 aromatic carbocycles. The molecule has 0 amide bonds. The standard InChI is InChI=1S/C22H23NO6S/c1-25-15-8-6-7-13(9-15)19-12-16(21(30-19)22(24)29-5)23-14-10-17(26-2)20(28-4)18(11-14)27-3/h6-12,23H,1-5H3. The molecule has 158 valence electrons. The normalized spacial score (nSPS) is 10.3. The average Bonchev–Trinajstić information content (AvgIpc) is 3.21. The van der Waals surface area contributed by atoms with Crippen LogP contribution in [0.3, 0.4) is 0 Å². The van der Waals surface area contributed by atoms with Crippen molar-refractivity contribution in [3.05, 3.63) is 47.3 Å². The van der Waals surface area contributed by atoms with Crippen LogP contribution >= 0.6 is 11.3 Å². The number of nitrogens with one attached hydrogen (secondary N) is 1. The van der Waals surface area contributed by atoms with Crippen molar-refractivity contribution in [2.24, 2.45) is 0 Å². The molecule has 0 fully saturated rings. The van der Waals surface area contributed by atoms with Gasteiger partial charge in [0.25, 0.3) is 0 Å². The highest BCUT2D eigenvalue weighted by atomic mass is 32.1. The summed E-state index contributed by atoms with van der Waals surface area (Å²) in [6.07, 6.45) is 0. The van der Waals surface area contributed by atoms with Crippen molar-refractivity contribution in [3.8, 4) is 33.4 Å². The van der Waals surface area contributed by atoms with Crippen LogP contribution in [0.4, 0.5) is 11.4 Å². The van der Waals surface area contributed by atoms with Gasteiger partial charge in [-0.3, -0.25) is 0 Å². The molecule has 1 aromatic heterocycles. The van der Waals surface area contributed by atoms with E-state index in [0.29, 0.717) is 33.5 Å². The van der Waals surface area contributed by atoms with E-state index >= 15 is 0 Å². The van der Waals surface area contributed by atoms with Crippen molar-refractivity contribution in [1.82, 2.24) is 0 Å². The first-order valence-electron chi connectivity index (χ1n) is 8.98. The minimum atomic E-state index is -0.427. The van der Waals surface area contributed by atoms with Gasteiger partial charge in [0.05, 0.1) is 41.2 Å². The zero-order valence-corrected chi connectivity index (χ0v) is 18.2. The van der Waals surface area contributed by atoms with E-state index < -0.39 is 5.97 Å². The Morgan fingerprint density at radius 1 is 0.867 bits per heavy atom. The molecule has 0 aliphatic rings. The van der Waals surface area contributed by atoms with Crippen molar-refractivity contribution >= 4 is 28.7 Å². The van der Waals surface area contributed by atoms with Gasteiger partial charge in [0, 0.05) is 22.7 Å². The highest BCUT2D eigenvalue weighted by Gasteiger charge is 2.20. The highest BCUT2D eigenvalue weighted by molar-refractivity contribution is 7.18. The second-order valence-electron chi connectivity index (χ2n) is 6.12. The molecule has 0 atom stereocenters. The number of carbonyl (C=O) groups excluding carboxylic acids is 1. The van der Waals surface area contributed by atoms with Crippen molar-refractivity contribution in [3.63, 3.8) is 0 Å². The molecule has 30 heavy (non-hydrogen) atoms. The Hall–Kier alpha value is -3.39.